The summed E-state index contributed by atoms with van der Waals surface area (Å²) in [6.07, 6.45) is 4.75. The molecule has 4 nitrogen and oxygen atoms in total. The molecule has 0 spiro atoms. The van der Waals surface area contributed by atoms with Gasteiger partial charge in [0, 0.05) is 13.1 Å². The van der Waals surface area contributed by atoms with Gasteiger partial charge in [-0.2, -0.15) is 8.42 Å². The van der Waals surface area contributed by atoms with Gasteiger partial charge in [-0.25, -0.2) is 0 Å². The Hall–Kier alpha value is -0.910. The number of hydrogen-bond donors (Lipinski definition) is 1. The Bertz CT molecular complexity index is 503. The lowest BCUT2D eigenvalue weighted by Gasteiger charge is -2.14. The van der Waals surface area contributed by atoms with Crippen molar-refractivity contribution in [3.63, 3.8) is 0 Å². The van der Waals surface area contributed by atoms with Crippen molar-refractivity contribution in [2.24, 2.45) is 0 Å². The Balaban J connectivity index is 1.53. The third-order valence-corrected chi connectivity index (χ3v) is 4.59. The zero-order chi connectivity index (χ0) is 14.4. The first kappa shape index (κ1) is 15.5. The lowest BCUT2D eigenvalue weighted by atomic mass is 10.1. The summed E-state index contributed by atoms with van der Waals surface area (Å²) in [6, 6.07) is 8.59. The molecule has 0 fully saturated rings. The Morgan fingerprint density at radius 2 is 1.50 bits per heavy atom. The van der Waals surface area contributed by atoms with E-state index in [9.17, 15) is 8.42 Å². The van der Waals surface area contributed by atoms with Gasteiger partial charge in [-0.15, -0.1) is 0 Å². The summed E-state index contributed by atoms with van der Waals surface area (Å²) in [5, 5.41) is 0. The second kappa shape index (κ2) is 7.20. The van der Waals surface area contributed by atoms with Crippen LogP contribution in [0, 0.1) is 0 Å². The van der Waals surface area contributed by atoms with Gasteiger partial charge < -0.3 is 0 Å². The van der Waals surface area contributed by atoms with Gasteiger partial charge >= 0.3 is 0 Å². The zero-order valence-electron chi connectivity index (χ0n) is 11.8. The van der Waals surface area contributed by atoms with Crippen LogP contribution in [0.5, 0.6) is 0 Å². The summed E-state index contributed by atoms with van der Waals surface area (Å²) in [6.45, 7) is 3.21. The second-order valence-corrected chi connectivity index (χ2v) is 7.11. The van der Waals surface area contributed by atoms with E-state index in [1.807, 2.05) is 0 Å². The molecule has 0 aliphatic carbocycles. The van der Waals surface area contributed by atoms with Gasteiger partial charge in [0.2, 0.25) is 0 Å². The van der Waals surface area contributed by atoms with Gasteiger partial charge in [0.25, 0.3) is 10.1 Å². The lowest BCUT2D eigenvalue weighted by molar-refractivity contribution is 0.276. The van der Waals surface area contributed by atoms with Gasteiger partial charge in [-0.3, -0.25) is 9.45 Å². The van der Waals surface area contributed by atoms with Crippen LogP contribution in [0.4, 0.5) is 0 Å². The van der Waals surface area contributed by atoms with Gasteiger partial charge in [0.05, 0.1) is 5.75 Å². The highest BCUT2D eigenvalue weighted by Crippen LogP contribution is 2.22. The third-order valence-electron chi connectivity index (χ3n) is 3.78. The highest BCUT2D eigenvalue weighted by molar-refractivity contribution is 7.85. The van der Waals surface area contributed by atoms with Crippen molar-refractivity contribution in [2.75, 3.05) is 12.3 Å². The molecular formula is C15H23NO3S. The van der Waals surface area contributed by atoms with Crippen LogP contribution in [0.2, 0.25) is 0 Å². The molecule has 20 heavy (non-hydrogen) atoms. The number of hydrogen-bond acceptors (Lipinski definition) is 3. The summed E-state index contributed by atoms with van der Waals surface area (Å²) in [7, 11) is -3.77. The lowest BCUT2D eigenvalue weighted by Crippen LogP contribution is -2.17. The molecule has 0 saturated heterocycles. The molecule has 1 heterocycles. The Labute approximate surface area is 121 Å². The van der Waals surface area contributed by atoms with E-state index in [4.69, 9.17) is 4.55 Å². The van der Waals surface area contributed by atoms with E-state index < -0.39 is 10.1 Å². The topological polar surface area (TPSA) is 57.6 Å². The van der Waals surface area contributed by atoms with Crippen molar-refractivity contribution in [1.29, 1.82) is 0 Å². The van der Waals surface area contributed by atoms with Gasteiger partial charge in [-0.1, -0.05) is 43.5 Å². The predicted molar refractivity (Wildman–Crippen MR) is 80.1 cm³/mol. The second-order valence-electron chi connectivity index (χ2n) is 5.53. The minimum Gasteiger partial charge on any atom is -0.295 e. The van der Waals surface area contributed by atoms with Crippen LogP contribution in [0.1, 0.15) is 43.2 Å². The molecule has 1 aliphatic rings. The van der Waals surface area contributed by atoms with Crippen molar-refractivity contribution in [2.45, 2.75) is 45.2 Å². The van der Waals surface area contributed by atoms with Crippen LogP contribution >= 0.6 is 0 Å². The molecule has 0 atom stereocenters. The SMILES string of the molecule is O=S(=O)(O)CCCCCCCN1Cc2ccccc2C1. The summed E-state index contributed by atoms with van der Waals surface area (Å²) >= 11 is 0. The Kier molecular flexibility index (Phi) is 5.57. The molecular weight excluding hydrogens is 274 g/mol. The van der Waals surface area contributed by atoms with Gasteiger partial charge in [0.1, 0.15) is 0 Å². The van der Waals surface area contributed by atoms with E-state index in [0.717, 1.165) is 45.3 Å². The first-order valence-electron chi connectivity index (χ1n) is 7.29. The smallest absolute Gasteiger partial charge is 0.264 e. The van der Waals surface area contributed by atoms with Crippen LogP contribution in [0.25, 0.3) is 0 Å². The van der Waals surface area contributed by atoms with Gasteiger partial charge in [0.15, 0.2) is 0 Å². The van der Waals surface area contributed by atoms with Crippen LogP contribution in [-0.2, 0) is 23.2 Å². The van der Waals surface area contributed by atoms with Crippen LogP contribution in [0.15, 0.2) is 24.3 Å². The Morgan fingerprint density at radius 3 is 2.10 bits per heavy atom. The average molecular weight is 297 g/mol. The molecule has 0 aromatic heterocycles. The number of fused-ring (bicyclic) bond motifs is 1. The first-order chi connectivity index (χ1) is 9.54. The highest BCUT2D eigenvalue weighted by Gasteiger charge is 2.16. The normalized spacial score (nSPS) is 15.4. The molecule has 112 valence electrons. The van der Waals surface area contributed by atoms with E-state index in [1.165, 1.54) is 11.1 Å². The molecule has 0 radical (unpaired) electrons. The fraction of sp³-hybridized carbons (Fsp3) is 0.600. The molecule has 0 unspecified atom stereocenters. The molecule has 5 heteroatoms. The number of benzene rings is 1. The maximum absolute atomic E-state index is 10.6. The molecule has 0 amide bonds. The molecule has 1 N–H and O–H groups in total. The van der Waals surface area contributed by atoms with E-state index in [-0.39, 0.29) is 5.75 Å². The quantitative estimate of drug-likeness (QED) is 0.592. The Morgan fingerprint density at radius 1 is 0.950 bits per heavy atom. The average Bonchev–Trinajstić information content (AvgIpc) is 2.79. The molecule has 1 aliphatic heterocycles. The fourth-order valence-electron chi connectivity index (χ4n) is 2.71. The van der Waals surface area contributed by atoms with Crippen molar-refractivity contribution in [1.82, 2.24) is 4.90 Å². The fourth-order valence-corrected chi connectivity index (χ4v) is 3.28. The summed E-state index contributed by atoms with van der Waals surface area (Å²) in [4.78, 5) is 2.46. The third kappa shape index (κ3) is 5.23. The van der Waals surface area contributed by atoms with Crippen molar-refractivity contribution in [3.8, 4) is 0 Å². The van der Waals surface area contributed by atoms with Gasteiger partial charge in [-0.05, 0) is 30.5 Å². The van der Waals surface area contributed by atoms with Crippen molar-refractivity contribution < 1.29 is 13.0 Å². The minimum atomic E-state index is -3.77. The molecule has 0 saturated carbocycles. The number of rotatable bonds is 8. The van der Waals surface area contributed by atoms with Crippen LogP contribution in [-0.4, -0.2) is 30.2 Å². The highest BCUT2D eigenvalue weighted by atomic mass is 32.2. The van der Waals surface area contributed by atoms with E-state index in [2.05, 4.69) is 29.2 Å². The predicted octanol–water partition coefficient (Wildman–Crippen LogP) is 2.84. The molecule has 0 bridgehead atoms. The van der Waals surface area contributed by atoms with E-state index in [0.29, 0.717) is 6.42 Å². The number of unbranched alkanes of at least 4 members (excludes halogenated alkanes) is 4. The maximum atomic E-state index is 10.6. The van der Waals surface area contributed by atoms with Crippen molar-refractivity contribution in [3.05, 3.63) is 35.4 Å². The zero-order valence-corrected chi connectivity index (χ0v) is 12.6. The van der Waals surface area contributed by atoms with Crippen LogP contribution < -0.4 is 0 Å². The molecule has 2 rings (SSSR count). The largest absolute Gasteiger partial charge is 0.295 e. The standard InChI is InChI=1S/C15H23NO3S/c17-20(18,19)11-7-3-1-2-6-10-16-12-14-8-4-5-9-15(14)13-16/h4-5,8-9H,1-3,6-7,10-13H2,(H,17,18,19). The molecule has 1 aromatic carbocycles. The summed E-state index contributed by atoms with van der Waals surface area (Å²) < 4.78 is 29.7. The minimum absolute atomic E-state index is 0.103. The first-order valence-corrected chi connectivity index (χ1v) is 8.90. The van der Waals surface area contributed by atoms with E-state index >= 15 is 0 Å². The summed E-state index contributed by atoms with van der Waals surface area (Å²) in [5.41, 5.74) is 2.89. The van der Waals surface area contributed by atoms with E-state index in [1.54, 1.807) is 0 Å². The van der Waals surface area contributed by atoms with Crippen LogP contribution in [0.3, 0.4) is 0 Å². The monoisotopic (exact) mass is 297 g/mol. The number of nitrogens with zero attached hydrogens (tertiary/aromatic N) is 1. The molecule has 1 aromatic rings. The maximum Gasteiger partial charge on any atom is 0.264 e. The van der Waals surface area contributed by atoms with Crippen molar-refractivity contribution >= 4 is 10.1 Å². The summed E-state index contributed by atoms with van der Waals surface area (Å²) in [5.74, 6) is -0.103.